The lowest BCUT2D eigenvalue weighted by Crippen LogP contribution is -1.93. The summed E-state index contributed by atoms with van der Waals surface area (Å²) < 4.78 is 13.2. The molecule has 0 radical (unpaired) electrons. The Labute approximate surface area is 72.0 Å². The highest BCUT2D eigenvalue weighted by Crippen LogP contribution is 2.11. The van der Waals surface area contributed by atoms with E-state index in [0.717, 1.165) is 0 Å². The van der Waals surface area contributed by atoms with Gasteiger partial charge in [-0.05, 0) is 22.6 Å². The number of rotatable bonds is 1. The topological polar surface area (TPSA) is 24.9 Å². The predicted molar refractivity (Wildman–Crippen MR) is 46.5 cm³/mol. The molecule has 0 spiro atoms. The molecule has 0 aliphatic heterocycles. The van der Waals surface area contributed by atoms with Gasteiger partial charge < -0.3 is 5.32 Å². The fraction of sp³-hybridized carbons (Fsp3) is 0.167. The molecule has 0 saturated heterocycles. The fourth-order valence-corrected chi connectivity index (χ4v) is 0.846. The monoisotopic (exact) mass is 252 g/mol. The van der Waals surface area contributed by atoms with Gasteiger partial charge in [0.2, 0.25) is 0 Å². The first-order valence-corrected chi connectivity index (χ1v) is 3.80. The molecule has 10 heavy (non-hydrogen) atoms. The minimum atomic E-state index is -0.236. The Hall–Kier alpha value is -0.390. The lowest BCUT2D eigenvalue weighted by Gasteiger charge is -1.98. The lowest BCUT2D eigenvalue weighted by atomic mass is 10.4. The molecule has 0 aliphatic rings. The molecule has 54 valence electrons. The molecule has 1 heterocycles. The van der Waals surface area contributed by atoms with Gasteiger partial charge in [0.25, 0.3) is 0 Å². The van der Waals surface area contributed by atoms with Crippen LogP contribution in [0.5, 0.6) is 0 Å². The molecule has 4 heteroatoms. The maximum atomic E-state index is 12.7. The van der Waals surface area contributed by atoms with E-state index in [2.05, 4.69) is 10.3 Å². The van der Waals surface area contributed by atoms with Gasteiger partial charge in [0.1, 0.15) is 11.6 Å². The Morgan fingerprint density at radius 1 is 1.70 bits per heavy atom. The summed E-state index contributed by atoms with van der Waals surface area (Å²) in [6, 6.07) is 1.36. The number of halogens is 2. The van der Waals surface area contributed by atoms with E-state index in [4.69, 9.17) is 0 Å². The highest BCUT2D eigenvalue weighted by Gasteiger charge is 1.98. The summed E-state index contributed by atoms with van der Waals surface area (Å²) in [5.74, 6) is 0.317. The van der Waals surface area contributed by atoms with Crippen molar-refractivity contribution >= 4 is 28.4 Å². The molecule has 1 aromatic heterocycles. The highest BCUT2D eigenvalue weighted by atomic mass is 127. The van der Waals surface area contributed by atoms with E-state index in [1.807, 2.05) is 22.6 Å². The summed E-state index contributed by atoms with van der Waals surface area (Å²) in [5, 5.41) is 2.74. The van der Waals surface area contributed by atoms with E-state index in [0.29, 0.717) is 9.39 Å². The number of hydrogen-bond donors (Lipinski definition) is 1. The third-order valence-corrected chi connectivity index (χ3v) is 1.86. The van der Waals surface area contributed by atoms with E-state index in [-0.39, 0.29) is 5.82 Å². The van der Waals surface area contributed by atoms with Crippen molar-refractivity contribution in [3.05, 3.63) is 21.7 Å². The van der Waals surface area contributed by atoms with Gasteiger partial charge >= 0.3 is 0 Å². The molecule has 0 amide bonds. The van der Waals surface area contributed by atoms with E-state index in [1.54, 1.807) is 7.05 Å². The average Bonchev–Trinajstić information content (AvgIpc) is 1.95. The first kappa shape index (κ1) is 7.71. The van der Waals surface area contributed by atoms with Gasteiger partial charge in [-0.3, -0.25) is 0 Å². The average molecular weight is 252 g/mol. The second-order valence-electron chi connectivity index (χ2n) is 1.73. The molecule has 0 unspecified atom stereocenters. The van der Waals surface area contributed by atoms with Crippen LogP contribution in [0.25, 0.3) is 0 Å². The number of nitrogens with zero attached hydrogens (tertiary/aromatic N) is 1. The van der Waals surface area contributed by atoms with Crippen LogP contribution in [0, 0.1) is 9.39 Å². The smallest absolute Gasteiger partial charge is 0.141 e. The third-order valence-electron chi connectivity index (χ3n) is 1.06. The van der Waals surface area contributed by atoms with Crippen LogP contribution in [0.15, 0.2) is 12.3 Å². The summed E-state index contributed by atoms with van der Waals surface area (Å²) in [6.45, 7) is 0. The van der Waals surface area contributed by atoms with Gasteiger partial charge in [-0.15, -0.1) is 0 Å². The maximum absolute atomic E-state index is 12.7. The van der Waals surface area contributed by atoms with Crippen molar-refractivity contribution in [2.45, 2.75) is 0 Å². The number of pyridine rings is 1. The molecular formula is C6H6FIN2. The highest BCUT2D eigenvalue weighted by molar-refractivity contribution is 14.1. The quantitative estimate of drug-likeness (QED) is 0.771. The van der Waals surface area contributed by atoms with Crippen molar-refractivity contribution in [2.75, 3.05) is 12.4 Å². The van der Waals surface area contributed by atoms with Gasteiger partial charge in [-0.1, -0.05) is 0 Å². The van der Waals surface area contributed by atoms with Crippen LogP contribution in [0.4, 0.5) is 10.2 Å². The number of hydrogen-bond acceptors (Lipinski definition) is 2. The Balaban J connectivity index is 3.04. The standard InChI is InChI=1S/C6H6FIN2/c1-9-6-2-4(7)5(8)3-10-6/h2-3H,1H3,(H,9,10). The van der Waals surface area contributed by atoms with Crippen LogP contribution in [-0.4, -0.2) is 12.0 Å². The van der Waals surface area contributed by atoms with Gasteiger partial charge in [0.05, 0.1) is 3.57 Å². The molecule has 0 fully saturated rings. The Morgan fingerprint density at radius 2 is 2.40 bits per heavy atom. The van der Waals surface area contributed by atoms with Crippen LogP contribution in [0.1, 0.15) is 0 Å². The molecule has 1 rings (SSSR count). The van der Waals surface area contributed by atoms with Crippen molar-refractivity contribution in [1.29, 1.82) is 0 Å². The summed E-state index contributed by atoms with van der Waals surface area (Å²) in [7, 11) is 1.70. The van der Waals surface area contributed by atoms with Crippen molar-refractivity contribution in [3.8, 4) is 0 Å². The summed E-state index contributed by atoms with van der Waals surface area (Å²) >= 11 is 1.89. The van der Waals surface area contributed by atoms with Gasteiger partial charge in [-0.25, -0.2) is 9.37 Å². The molecule has 0 aromatic carbocycles. The zero-order valence-electron chi connectivity index (χ0n) is 5.36. The van der Waals surface area contributed by atoms with Crippen molar-refractivity contribution in [1.82, 2.24) is 4.98 Å². The van der Waals surface area contributed by atoms with Gasteiger partial charge in [0.15, 0.2) is 0 Å². The van der Waals surface area contributed by atoms with Crippen molar-refractivity contribution in [3.63, 3.8) is 0 Å². The molecule has 1 aromatic rings. The maximum Gasteiger partial charge on any atom is 0.141 e. The molecule has 0 aliphatic carbocycles. The van der Waals surface area contributed by atoms with Crippen LogP contribution >= 0.6 is 22.6 Å². The predicted octanol–water partition coefficient (Wildman–Crippen LogP) is 1.87. The fourth-order valence-electron chi connectivity index (χ4n) is 0.551. The zero-order valence-corrected chi connectivity index (χ0v) is 7.52. The summed E-state index contributed by atoms with van der Waals surface area (Å²) in [5.41, 5.74) is 0. The normalized spacial score (nSPS) is 9.50. The molecular weight excluding hydrogens is 246 g/mol. The largest absolute Gasteiger partial charge is 0.373 e. The summed E-state index contributed by atoms with van der Waals surface area (Å²) in [6.07, 6.45) is 1.49. The Bertz CT molecular complexity index is 239. The van der Waals surface area contributed by atoms with Crippen LogP contribution < -0.4 is 5.32 Å². The van der Waals surface area contributed by atoms with Crippen LogP contribution in [-0.2, 0) is 0 Å². The first-order chi connectivity index (χ1) is 4.74. The number of aromatic nitrogens is 1. The SMILES string of the molecule is CNc1cc(F)c(I)cn1. The third kappa shape index (κ3) is 1.56. The molecule has 0 atom stereocenters. The minimum Gasteiger partial charge on any atom is -0.373 e. The van der Waals surface area contributed by atoms with Crippen molar-refractivity contribution in [2.24, 2.45) is 0 Å². The number of anilines is 1. The summed E-state index contributed by atoms with van der Waals surface area (Å²) in [4.78, 5) is 3.90. The zero-order chi connectivity index (χ0) is 7.56. The number of nitrogens with one attached hydrogen (secondary N) is 1. The second kappa shape index (κ2) is 3.14. The Kier molecular flexibility index (Phi) is 2.42. The van der Waals surface area contributed by atoms with Crippen LogP contribution in [0.2, 0.25) is 0 Å². The van der Waals surface area contributed by atoms with Crippen molar-refractivity contribution < 1.29 is 4.39 Å². The second-order valence-corrected chi connectivity index (χ2v) is 2.90. The van der Waals surface area contributed by atoms with Gasteiger partial charge in [-0.2, -0.15) is 0 Å². The van der Waals surface area contributed by atoms with Gasteiger partial charge in [0, 0.05) is 19.3 Å². The van der Waals surface area contributed by atoms with E-state index < -0.39 is 0 Å². The minimum absolute atomic E-state index is 0.236. The first-order valence-electron chi connectivity index (χ1n) is 2.73. The van der Waals surface area contributed by atoms with E-state index >= 15 is 0 Å². The van der Waals surface area contributed by atoms with E-state index in [9.17, 15) is 4.39 Å². The molecule has 0 bridgehead atoms. The van der Waals surface area contributed by atoms with E-state index in [1.165, 1.54) is 12.3 Å². The molecule has 0 saturated carbocycles. The Morgan fingerprint density at radius 3 is 2.90 bits per heavy atom. The lowest BCUT2D eigenvalue weighted by molar-refractivity contribution is 0.618. The molecule has 2 nitrogen and oxygen atoms in total. The molecule has 1 N–H and O–H groups in total. The van der Waals surface area contributed by atoms with Crippen LogP contribution in [0.3, 0.4) is 0 Å².